The van der Waals surface area contributed by atoms with Gasteiger partial charge in [0, 0.05) is 18.9 Å². The van der Waals surface area contributed by atoms with Gasteiger partial charge in [-0.25, -0.2) is 4.98 Å². The number of aliphatic hydroxyl groups is 1. The summed E-state index contributed by atoms with van der Waals surface area (Å²) < 4.78 is 2.01. The minimum Gasteiger partial charge on any atom is -0.388 e. The molecule has 2 N–H and O–H groups in total. The number of hydrogen-bond donors (Lipinski definition) is 2. The lowest BCUT2D eigenvalue weighted by Crippen LogP contribution is -2.41. The molecule has 1 fully saturated rings. The summed E-state index contributed by atoms with van der Waals surface area (Å²) in [5, 5.41) is 14.0. The third-order valence-corrected chi connectivity index (χ3v) is 4.09. The van der Waals surface area contributed by atoms with Crippen molar-refractivity contribution in [3.05, 3.63) is 30.6 Å². The molecule has 4 nitrogen and oxygen atoms in total. The summed E-state index contributed by atoms with van der Waals surface area (Å²) in [7, 11) is 0. The highest BCUT2D eigenvalue weighted by molar-refractivity contribution is 5.49. The molecular formula is C15H21N3O. The average Bonchev–Trinajstić information content (AvgIpc) is 2.85. The molecule has 0 radical (unpaired) electrons. The van der Waals surface area contributed by atoms with Gasteiger partial charge in [-0.2, -0.15) is 0 Å². The lowest BCUT2D eigenvalue weighted by molar-refractivity contribution is -0.000840. The summed E-state index contributed by atoms with van der Waals surface area (Å²) in [6.07, 6.45) is 7.86. The van der Waals surface area contributed by atoms with E-state index in [0.29, 0.717) is 12.5 Å². The van der Waals surface area contributed by atoms with E-state index in [1.165, 1.54) is 6.42 Å². The number of nitrogens with one attached hydrogen (secondary N) is 1. The van der Waals surface area contributed by atoms with Gasteiger partial charge in [0.2, 0.25) is 0 Å². The van der Waals surface area contributed by atoms with Crippen LogP contribution in [0.3, 0.4) is 0 Å². The molecule has 0 spiro atoms. The lowest BCUT2D eigenvalue weighted by atomic mass is 9.79. The fraction of sp³-hybridized carbons (Fsp3) is 0.533. The molecule has 102 valence electrons. The van der Waals surface area contributed by atoms with Crippen molar-refractivity contribution in [1.29, 1.82) is 0 Å². The molecule has 4 heteroatoms. The van der Waals surface area contributed by atoms with E-state index in [1.54, 1.807) is 6.20 Å². The Balaban J connectivity index is 1.73. The molecule has 2 aromatic heterocycles. The number of nitrogens with zero attached hydrogens (tertiary/aromatic N) is 2. The summed E-state index contributed by atoms with van der Waals surface area (Å²) in [6, 6.07) is 5.98. The van der Waals surface area contributed by atoms with Crippen LogP contribution in [0.4, 0.5) is 5.82 Å². The van der Waals surface area contributed by atoms with Crippen LogP contribution in [0.15, 0.2) is 30.6 Å². The van der Waals surface area contributed by atoms with E-state index in [4.69, 9.17) is 0 Å². The van der Waals surface area contributed by atoms with Gasteiger partial charge in [-0.3, -0.25) is 4.40 Å². The Labute approximate surface area is 113 Å². The third kappa shape index (κ3) is 2.59. The quantitative estimate of drug-likeness (QED) is 0.891. The van der Waals surface area contributed by atoms with Crippen LogP contribution in [-0.4, -0.2) is 26.6 Å². The van der Waals surface area contributed by atoms with Gasteiger partial charge in [-0.1, -0.05) is 25.8 Å². The Morgan fingerprint density at radius 3 is 3.26 bits per heavy atom. The van der Waals surface area contributed by atoms with Gasteiger partial charge in [0.05, 0.1) is 5.60 Å². The predicted octanol–water partition coefficient (Wildman–Crippen LogP) is 2.69. The minimum absolute atomic E-state index is 0.569. The molecule has 0 bridgehead atoms. The summed E-state index contributed by atoms with van der Waals surface area (Å²) in [5.41, 5.74) is 0.356. The fourth-order valence-corrected chi connectivity index (χ4v) is 3.14. The molecule has 0 amide bonds. The Bertz CT molecular complexity index is 565. The van der Waals surface area contributed by atoms with Crippen molar-refractivity contribution >= 4 is 11.5 Å². The van der Waals surface area contributed by atoms with Gasteiger partial charge < -0.3 is 10.4 Å². The van der Waals surface area contributed by atoms with Crippen molar-refractivity contribution in [2.24, 2.45) is 5.92 Å². The van der Waals surface area contributed by atoms with Crippen molar-refractivity contribution in [2.45, 2.75) is 38.2 Å². The van der Waals surface area contributed by atoms with E-state index in [-0.39, 0.29) is 0 Å². The van der Waals surface area contributed by atoms with Crippen LogP contribution >= 0.6 is 0 Å². The van der Waals surface area contributed by atoms with Crippen LogP contribution in [0.1, 0.15) is 32.6 Å². The molecule has 1 aliphatic rings. The van der Waals surface area contributed by atoms with Crippen molar-refractivity contribution in [1.82, 2.24) is 9.38 Å². The molecule has 1 saturated carbocycles. The second kappa shape index (κ2) is 4.85. The number of anilines is 1. The Hall–Kier alpha value is -1.55. The molecule has 2 heterocycles. The van der Waals surface area contributed by atoms with Crippen LogP contribution < -0.4 is 5.32 Å². The zero-order valence-electron chi connectivity index (χ0n) is 11.3. The first-order valence-corrected chi connectivity index (χ1v) is 7.05. The Kier molecular flexibility index (Phi) is 3.19. The molecule has 2 aromatic rings. The van der Waals surface area contributed by atoms with Crippen LogP contribution in [0, 0.1) is 5.92 Å². The molecule has 1 aliphatic carbocycles. The van der Waals surface area contributed by atoms with Crippen LogP contribution in [-0.2, 0) is 0 Å². The van der Waals surface area contributed by atoms with Crippen molar-refractivity contribution in [3.8, 4) is 0 Å². The molecule has 0 aromatic carbocycles. The third-order valence-electron chi connectivity index (χ3n) is 4.09. The maximum absolute atomic E-state index is 10.6. The molecule has 2 atom stereocenters. The number of hydrogen-bond acceptors (Lipinski definition) is 3. The van der Waals surface area contributed by atoms with Gasteiger partial charge in [0.1, 0.15) is 11.5 Å². The van der Waals surface area contributed by atoms with Crippen LogP contribution in [0.2, 0.25) is 0 Å². The van der Waals surface area contributed by atoms with Crippen molar-refractivity contribution < 1.29 is 5.11 Å². The van der Waals surface area contributed by atoms with E-state index in [2.05, 4.69) is 17.2 Å². The van der Waals surface area contributed by atoms with E-state index in [0.717, 1.165) is 30.7 Å². The highest BCUT2D eigenvalue weighted by Crippen LogP contribution is 2.32. The van der Waals surface area contributed by atoms with Crippen molar-refractivity contribution in [2.75, 3.05) is 11.9 Å². The monoisotopic (exact) mass is 259 g/mol. The number of imidazole rings is 1. The van der Waals surface area contributed by atoms with Gasteiger partial charge in [-0.05, 0) is 30.9 Å². The van der Waals surface area contributed by atoms with E-state index >= 15 is 0 Å². The van der Waals surface area contributed by atoms with Gasteiger partial charge in [0.25, 0.3) is 0 Å². The second-order valence-electron chi connectivity index (χ2n) is 5.85. The zero-order valence-corrected chi connectivity index (χ0v) is 11.3. The van der Waals surface area contributed by atoms with Gasteiger partial charge >= 0.3 is 0 Å². The lowest BCUT2D eigenvalue weighted by Gasteiger charge is -2.35. The Morgan fingerprint density at radius 1 is 1.53 bits per heavy atom. The number of pyridine rings is 1. The molecule has 0 saturated heterocycles. The molecule has 2 unspecified atom stereocenters. The summed E-state index contributed by atoms with van der Waals surface area (Å²) >= 11 is 0. The maximum Gasteiger partial charge on any atom is 0.138 e. The van der Waals surface area contributed by atoms with Gasteiger partial charge in [0.15, 0.2) is 0 Å². The molecule has 0 aliphatic heterocycles. The standard InChI is InChI=1S/C15H21N3O/c1-12-4-3-7-15(19,10-12)11-17-14-6-2-5-13-16-8-9-18(13)14/h2,5-6,8-9,12,17,19H,3-4,7,10-11H2,1H3. The highest BCUT2D eigenvalue weighted by atomic mass is 16.3. The second-order valence-corrected chi connectivity index (χ2v) is 5.85. The number of rotatable bonds is 3. The summed E-state index contributed by atoms with van der Waals surface area (Å²) in [4.78, 5) is 4.26. The molecule has 3 rings (SSSR count). The molecular weight excluding hydrogens is 238 g/mol. The van der Waals surface area contributed by atoms with Gasteiger partial charge in [-0.15, -0.1) is 0 Å². The largest absolute Gasteiger partial charge is 0.388 e. The van der Waals surface area contributed by atoms with Crippen LogP contribution in [0.25, 0.3) is 5.65 Å². The smallest absolute Gasteiger partial charge is 0.138 e. The normalized spacial score (nSPS) is 27.6. The number of fused-ring (bicyclic) bond motifs is 1. The van der Waals surface area contributed by atoms with Crippen LogP contribution in [0.5, 0.6) is 0 Å². The molecule has 19 heavy (non-hydrogen) atoms. The topological polar surface area (TPSA) is 49.6 Å². The first kappa shape index (κ1) is 12.5. The number of aromatic nitrogens is 2. The summed E-state index contributed by atoms with van der Waals surface area (Å²) in [6.45, 7) is 2.83. The van der Waals surface area contributed by atoms with E-state index in [1.807, 2.05) is 28.8 Å². The first-order chi connectivity index (χ1) is 9.16. The first-order valence-electron chi connectivity index (χ1n) is 7.05. The summed E-state index contributed by atoms with van der Waals surface area (Å²) in [5.74, 6) is 1.60. The maximum atomic E-state index is 10.6. The minimum atomic E-state index is -0.569. The van der Waals surface area contributed by atoms with E-state index in [9.17, 15) is 5.11 Å². The Morgan fingerprint density at radius 2 is 2.42 bits per heavy atom. The van der Waals surface area contributed by atoms with E-state index < -0.39 is 5.60 Å². The predicted molar refractivity (Wildman–Crippen MR) is 76.3 cm³/mol. The fourth-order valence-electron chi connectivity index (χ4n) is 3.14. The average molecular weight is 259 g/mol. The highest BCUT2D eigenvalue weighted by Gasteiger charge is 2.32. The zero-order chi connectivity index (χ0) is 13.3. The SMILES string of the molecule is CC1CCCC(O)(CNc2cccc3nccn23)C1. The van der Waals surface area contributed by atoms with Crippen molar-refractivity contribution in [3.63, 3.8) is 0 Å².